The molecular weight excluding hydrogens is 266 g/mol. The first kappa shape index (κ1) is 16.7. The molecule has 2 fully saturated rings. The first-order valence-electron chi connectivity index (χ1n) is 8.40. The fraction of sp³-hybridized carbons (Fsp3) is 0.938. The van der Waals surface area contributed by atoms with E-state index in [2.05, 4.69) is 18.7 Å². The van der Waals surface area contributed by atoms with Crippen molar-refractivity contribution in [3.8, 4) is 0 Å². The summed E-state index contributed by atoms with van der Waals surface area (Å²) in [4.78, 5) is 17.1. The molecule has 2 rings (SSSR count). The molecule has 0 aromatic heterocycles. The van der Waals surface area contributed by atoms with E-state index in [1.54, 1.807) is 0 Å². The number of hydrogen-bond donors (Lipinski definition) is 2. The number of rotatable bonds is 3. The number of nitrogens with zero attached hydrogens (tertiary/aromatic N) is 2. The fourth-order valence-electron chi connectivity index (χ4n) is 3.82. The van der Waals surface area contributed by atoms with Gasteiger partial charge in [0.05, 0.1) is 6.61 Å². The highest BCUT2D eigenvalue weighted by molar-refractivity contribution is 5.79. The number of β-amino-alcohol motifs (C(OH)–C–C–N with tert-alkyl or cyclic N) is 1. The van der Waals surface area contributed by atoms with E-state index >= 15 is 0 Å². The molecule has 0 spiro atoms. The third-order valence-electron chi connectivity index (χ3n) is 5.32. The van der Waals surface area contributed by atoms with E-state index in [0.29, 0.717) is 24.3 Å². The predicted octanol–water partition coefficient (Wildman–Crippen LogP) is 0.523. The van der Waals surface area contributed by atoms with E-state index in [0.717, 1.165) is 45.4 Å². The van der Waals surface area contributed by atoms with Crippen molar-refractivity contribution in [2.45, 2.75) is 39.2 Å². The van der Waals surface area contributed by atoms with Crippen molar-refractivity contribution >= 4 is 5.91 Å². The number of nitrogens with two attached hydrogens (primary N) is 1. The highest BCUT2D eigenvalue weighted by Crippen LogP contribution is 2.34. The minimum atomic E-state index is 0.0978. The predicted molar refractivity (Wildman–Crippen MR) is 83.8 cm³/mol. The zero-order valence-electron chi connectivity index (χ0n) is 13.5. The van der Waals surface area contributed by atoms with Crippen LogP contribution in [0.2, 0.25) is 0 Å². The lowest BCUT2D eigenvalue weighted by atomic mass is 9.72. The molecular formula is C16H31N3O2. The van der Waals surface area contributed by atoms with Gasteiger partial charge in [0.1, 0.15) is 0 Å². The molecule has 1 saturated carbocycles. The summed E-state index contributed by atoms with van der Waals surface area (Å²) in [6.45, 7) is 8.77. The van der Waals surface area contributed by atoms with Gasteiger partial charge in [-0.3, -0.25) is 9.69 Å². The van der Waals surface area contributed by atoms with Crippen molar-refractivity contribution in [1.29, 1.82) is 0 Å². The number of aliphatic hydroxyl groups excluding tert-OH is 1. The van der Waals surface area contributed by atoms with Crippen LogP contribution in [-0.4, -0.2) is 66.2 Å². The maximum Gasteiger partial charge on any atom is 0.226 e. The molecule has 1 aliphatic heterocycles. The van der Waals surface area contributed by atoms with Crippen molar-refractivity contribution < 1.29 is 9.90 Å². The van der Waals surface area contributed by atoms with Crippen molar-refractivity contribution in [1.82, 2.24) is 9.80 Å². The number of aliphatic hydroxyl groups is 1. The van der Waals surface area contributed by atoms with Crippen LogP contribution in [0, 0.1) is 17.8 Å². The minimum Gasteiger partial charge on any atom is -0.395 e. The summed E-state index contributed by atoms with van der Waals surface area (Å²) in [5.74, 6) is 1.36. The van der Waals surface area contributed by atoms with E-state index in [1.165, 1.54) is 0 Å². The molecule has 21 heavy (non-hydrogen) atoms. The quantitative estimate of drug-likeness (QED) is 0.797. The van der Waals surface area contributed by atoms with Crippen LogP contribution in [0.1, 0.15) is 33.1 Å². The molecule has 2 aliphatic rings. The van der Waals surface area contributed by atoms with Crippen LogP contribution < -0.4 is 5.73 Å². The monoisotopic (exact) mass is 297 g/mol. The summed E-state index contributed by atoms with van der Waals surface area (Å²) in [5.41, 5.74) is 6.18. The Hall–Kier alpha value is -0.650. The van der Waals surface area contributed by atoms with Gasteiger partial charge in [0, 0.05) is 38.1 Å². The maximum absolute atomic E-state index is 12.8. The lowest BCUT2D eigenvalue weighted by Crippen LogP contribution is -2.47. The van der Waals surface area contributed by atoms with Crippen molar-refractivity contribution in [2.24, 2.45) is 23.5 Å². The Kier molecular flexibility index (Phi) is 6.02. The van der Waals surface area contributed by atoms with Gasteiger partial charge in [-0.2, -0.15) is 0 Å². The van der Waals surface area contributed by atoms with Gasteiger partial charge in [-0.15, -0.1) is 0 Å². The molecule has 0 radical (unpaired) electrons. The Morgan fingerprint density at radius 2 is 1.90 bits per heavy atom. The van der Waals surface area contributed by atoms with Crippen molar-refractivity contribution in [3.05, 3.63) is 0 Å². The lowest BCUT2D eigenvalue weighted by Gasteiger charge is -2.38. The second kappa shape index (κ2) is 7.56. The topological polar surface area (TPSA) is 69.8 Å². The second-order valence-electron chi connectivity index (χ2n) is 6.94. The average molecular weight is 297 g/mol. The van der Waals surface area contributed by atoms with E-state index in [4.69, 9.17) is 10.8 Å². The zero-order chi connectivity index (χ0) is 15.4. The smallest absolute Gasteiger partial charge is 0.226 e. The van der Waals surface area contributed by atoms with Gasteiger partial charge < -0.3 is 15.7 Å². The fourth-order valence-corrected chi connectivity index (χ4v) is 3.82. The number of carbonyl (C=O) groups is 1. The standard InChI is InChI=1S/C16H31N3O2/c1-12-10-13(2)15(17)11-14(12)16(21)19-5-3-4-18(6-7-19)8-9-20/h12-15,20H,3-11,17H2,1-2H3. The van der Waals surface area contributed by atoms with Crippen LogP contribution >= 0.6 is 0 Å². The summed E-state index contributed by atoms with van der Waals surface area (Å²) in [5, 5.41) is 9.04. The van der Waals surface area contributed by atoms with E-state index in [1.807, 2.05) is 4.90 Å². The molecule has 1 saturated heterocycles. The SMILES string of the molecule is CC1CC(C)C(C(=O)N2CCCN(CCO)CC2)CC1N. The Labute approximate surface area is 128 Å². The number of amides is 1. The molecule has 1 heterocycles. The van der Waals surface area contributed by atoms with E-state index in [9.17, 15) is 4.79 Å². The molecule has 1 aliphatic carbocycles. The molecule has 0 aromatic rings. The normalized spacial score (nSPS) is 35.5. The minimum absolute atomic E-state index is 0.0978. The zero-order valence-corrected chi connectivity index (χ0v) is 13.5. The van der Waals surface area contributed by atoms with Crippen LogP contribution in [0.5, 0.6) is 0 Å². The molecule has 4 unspecified atom stereocenters. The average Bonchev–Trinajstić information content (AvgIpc) is 2.68. The maximum atomic E-state index is 12.8. The van der Waals surface area contributed by atoms with Gasteiger partial charge >= 0.3 is 0 Å². The molecule has 1 amide bonds. The molecule has 122 valence electrons. The van der Waals surface area contributed by atoms with Crippen molar-refractivity contribution in [3.63, 3.8) is 0 Å². The summed E-state index contributed by atoms with van der Waals surface area (Å²) < 4.78 is 0. The Balaban J connectivity index is 1.93. The van der Waals surface area contributed by atoms with Crippen molar-refractivity contribution in [2.75, 3.05) is 39.3 Å². The summed E-state index contributed by atoms with van der Waals surface area (Å²) in [6, 6.07) is 0.160. The first-order chi connectivity index (χ1) is 10.0. The number of hydrogen-bond acceptors (Lipinski definition) is 4. The second-order valence-corrected chi connectivity index (χ2v) is 6.94. The molecule has 3 N–H and O–H groups in total. The number of carbonyl (C=O) groups excluding carboxylic acids is 1. The van der Waals surface area contributed by atoms with Gasteiger partial charge in [-0.05, 0) is 37.6 Å². The molecule has 4 atom stereocenters. The Bertz CT molecular complexity index is 350. The van der Waals surface area contributed by atoms with Gasteiger partial charge in [0.2, 0.25) is 5.91 Å². The highest BCUT2D eigenvalue weighted by Gasteiger charge is 2.37. The summed E-state index contributed by atoms with van der Waals surface area (Å²) >= 11 is 0. The lowest BCUT2D eigenvalue weighted by molar-refractivity contribution is -0.138. The Morgan fingerprint density at radius 3 is 2.62 bits per heavy atom. The molecule has 5 nitrogen and oxygen atoms in total. The van der Waals surface area contributed by atoms with E-state index < -0.39 is 0 Å². The molecule has 5 heteroatoms. The molecule has 0 bridgehead atoms. The van der Waals surface area contributed by atoms with Crippen LogP contribution in [-0.2, 0) is 4.79 Å². The van der Waals surface area contributed by atoms with E-state index in [-0.39, 0.29) is 18.6 Å². The highest BCUT2D eigenvalue weighted by atomic mass is 16.3. The third kappa shape index (κ3) is 4.18. The first-order valence-corrected chi connectivity index (χ1v) is 8.40. The van der Waals surface area contributed by atoms with Gasteiger partial charge in [0.25, 0.3) is 0 Å². The van der Waals surface area contributed by atoms with Gasteiger partial charge in [0.15, 0.2) is 0 Å². The summed E-state index contributed by atoms with van der Waals surface area (Å²) in [7, 11) is 0. The van der Waals surface area contributed by atoms with Crippen LogP contribution in [0.15, 0.2) is 0 Å². The third-order valence-corrected chi connectivity index (χ3v) is 5.32. The summed E-state index contributed by atoms with van der Waals surface area (Å²) in [6.07, 6.45) is 2.88. The van der Waals surface area contributed by atoms with Crippen LogP contribution in [0.25, 0.3) is 0 Å². The largest absolute Gasteiger partial charge is 0.395 e. The molecule has 0 aromatic carbocycles. The Morgan fingerprint density at radius 1 is 1.14 bits per heavy atom. The van der Waals surface area contributed by atoms with Gasteiger partial charge in [-0.1, -0.05) is 13.8 Å². The van der Waals surface area contributed by atoms with Crippen LogP contribution in [0.3, 0.4) is 0 Å². The van der Waals surface area contributed by atoms with Gasteiger partial charge in [-0.25, -0.2) is 0 Å². The van der Waals surface area contributed by atoms with Crippen LogP contribution in [0.4, 0.5) is 0 Å².